The van der Waals surface area contributed by atoms with Crippen molar-refractivity contribution in [3.05, 3.63) is 48.0 Å². The van der Waals surface area contributed by atoms with Crippen LogP contribution in [0.5, 0.6) is 0 Å². The van der Waals surface area contributed by atoms with E-state index in [1.807, 2.05) is 0 Å². The average molecular weight is 323 g/mol. The number of amides is 1. The van der Waals surface area contributed by atoms with Crippen LogP contribution in [0.15, 0.2) is 42.5 Å². The maximum Gasteiger partial charge on any atom is 0.327 e. The fourth-order valence-electron chi connectivity index (χ4n) is 2.20. The first-order valence-corrected chi connectivity index (χ1v) is 7.45. The van der Waals surface area contributed by atoms with Gasteiger partial charge in [0.1, 0.15) is 6.61 Å². The molecule has 1 heterocycles. The van der Waals surface area contributed by atoms with Crippen molar-refractivity contribution in [1.29, 1.82) is 0 Å². The van der Waals surface area contributed by atoms with Gasteiger partial charge in [-0.2, -0.15) is 8.78 Å². The van der Waals surface area contributed by atoms with Crippen LogP contribution in [0.25, 0.3) is 0 Å². The molecule has 4 nitrogen and oxygen atoms in total. The van der Waals surface area contributed by atoms with Crippen molar-refractivity contribution in [1.82, 2.24) is 5.32 Å². The van der Waals surface area contributed by atoms with Gasteiger partial charge in [-0.3, -0.25) is 9.59 Å². The van der Waals surface area contributed by atoms with Gasteiger partial charge in [-0.1, -0.05) is 49.4 Å². The van der Waals surface area contributed by atoms with Crippen LogP contribution in [0.4, 0.5) is 8.78 Å². The maximum absolute atomic E-state index is 13.9. The van der Waals surface area contributed by atoms with E-state index in [0.29, 0.717) is 12.0 Å². The van der Waals surface area contributed by atoms with E-state index in [4.69, 9.17) is 4.74 Å². The topological polar surface area (TPSA) is 55.4 Å². The second-order valence-electron chi connectivity index (χ2n) is 5.58. The smallest absolute Gasteiger partial charge is 0.327 e. The quantitative estimate of drug-likeness (QED) is 0.638. The number of hydrogen-bond donors (Lipinski definition) is 1. The molecule has 1 aliphatic heterocycles. The number of esters is 1. The van der Waals surface area contributed by atoms with Gasteiger partial charge in [0.15, 0.2) is 0 Å². The van der Waals surface area contributed by atoms with Crippen LogP contribution in [-0.2, 0) is 14.3 Å². The van der Waals surface area contributed by atoms with Gasteiger partial charge in [0, 0.05) is 6.42 Å². The summed E-state index contributed by atoms with van der Waals surface area (Å²) in [5.74, 6) is -5.72. The van der Waals surface area contributed by atoms with E-state index in [9.17, 15) is 18.4 Å². The van der Waals surface area contributed by atoms with Crippen molar-refractivity contribution >= 4 is 11.9 Å². The summed E-state index contributed by atoms with van der Waals surface area (Å²) in [6.45, 7) is 1.49. The van der Waals surface area contributed by atoms with Gasteiger partial charge in [0.05, 0.1) is 12.0 Å². The number of nitrogens with one attached hydrogen (secondary N) is 1. The molecule has 0 fully saturated rings. The van der Waals surface area contributed by atoms with Crippen LogP contribution in [0.1, 0.15) is 31.4 Å². The number of halogens is 2. The predicted molar refractivity (Wildman–Crippen MR) is 80.8 cm³/mol. The molecule has 1 N–H and O–H groups in total. The summed E-state index contributed by atoms with van der Waals surface area (Å²) >= 11 is 0. The minimum atomic E-state index is -3.50. The predicted octanol–water partition coefficient (Wildman–Crippen LogP) is 3.01. The maximum atomic E-state index is 13.9. The third-order valence-corrected chi connectivity index (χ3v) is 3.66. The highest BCUT2D eigenvalue weighted by Crippen LogP contribution is 2.23. The first-order valence-electron chi connectivity index (χ1n) is 7.45. The molecule has 0 spiro atoms. The van der Waals surface area contributed by atoms with Gasteiger partial charge in [0.2, 0.25) is 0 Å². The number of allylic oxidation sites excluding steroid dienone is 2. The molecular formula is C17H19F2NO3. The average Bonchev–Trinajstić information content (AvgIpc) is 2.54. The summed E-state index contributed by atoms with van der Waals surface area (Å²) in [4.78, 5) is 23.7. The Bertz CT molecular complexity index is 587. The molecule has 0 bridgehead atoms. The molecule has 0 radical (unpaired) electrons. The SMILES string of the molecule is C[C@@H]1CC=CCC(F)(F)C(=O)N[C@H](c2ccccc2)COC1=O. The number of ether oxygens (including phenoxy) is 1. The van der Waals surface area contributed by atoms with Crippen molar-refractivity contribution in [2.24, 2.45) is 5.92 Å². The van der Waals surface area contributed by atoms with E-state index >= 15 is 0 Å². The molecule has 0 unspecified atom stereocenters. The van der Waals surface area contributed by atoms with Crippen LogP contribution < -0.4 is 5.32 Å². The van der Waals surface area contributed by atoms with E-state index in [2.05, 4.69) is 5.32 Å². The van der Waals surface area contributed by atoms with E-state index in [-0.39, 0.29) is 6.61 Å². The number of benzene rings is 1. The number of carbonyl (C=O) groups is 2. The fraction of sp³-hybridized carbons (Fsp3) is 0.412. The molecule has 0 saturated heterocycles. The van der Waals surface area contributed by atoms with Gasteiger partial charge in [-0.25, -0.2) is 0 Å². The van der Waals surface area contributed by atoms with Gasteiger partial charge >= 0.3 is 11.9 Å². The van der Waals surface area contributed by atoms with E-state index in [1.165, 1.54) is 12.2 Å². The number of hydrogen-bond acceptors (Lipinski definition) is 3. The molecule has 0 aromatic heterocycles. The molecule has 124 valence electrons. The zero-order valence-electron chi connectivity index (χ0n) is 12.8. The number of carbonyl (C=O) groups excluding carboxylic acids is 2. The Hall–Kier alpha value is -2.24. The number of alkyl halides is 2. The number of rotatable bonds is 1. The zero-order chi connectivity index (χ0) is 16.9. The molecule has 6 heteroatoms. The standard InChI is InChI=1S/C17H19F2NO3/c1-12-7-5-6-10-17(18,19)16(22)20-14(11-23-15(12)21)13-8-3-2-4-9-13/h2-6,8-9,12,14H,7,10-11H2,1H3,(H,20,22)/t12-,14+/m1/s1. The van der Waals surface area contributed by atoms with E-state index < -0.39 is 36.2 Å². The van der Waals surface area contributed by atoms with Crippen molar-refractivity contribution in [3.63, 3.8) is 0 Å². The number of cyclic esters (lactones) is 1. The Balaban J connectivity index is 2.26. The summed E-state index contributed by atoms with van der Waals surface area (Å²) in [6, 6.07) is 7.78. The first kappa shape index (κ1) is 17.1. The van der Waals surface area contributed by atoms with Crippen LogP contribution in [0.2, 0.25) is 0 Å². The zero-order valence-corrected chi connectivity index (χ0v) is 12.8. The van der Waals surface area contributed by atoms with Crippen molar-refractivity contribution in [3.8, 4) is 0 Å². The van der Waals surface area contributed by atoms with Crippen LogP contribution in [0.3, 0.4) is 0 Å². The molecule has 1 aliphatic rings. The minimum Gasteiger partial charge on any atom is -0.463 e. The second kappa shape index (κ2) is 7.35. The lowest BCUT2D eigenvalue weighted by atomic mass is 10.0. The van der Waals surface area contributed by atoms with E-state index in [1.54, 1.807) is 37.3 Å². The monoisotopic (exact) mass is 323 g/mol. The van der Waals surface area contributed by atoms with Crippen molar-refractivity contribution in [2.75, 3.05) is 6.61 Å². The summed E-state index contributed by atoms with van der Waals surface area (Å²) in [7, 11) is 0. The van der Waals surface area contributed by atoms with Crippen LogP contribution >= 0.6 is 0 Å². The lowest BCUT2D eigenvalue weighted by molar-refractivity contribution is -0.152. The van der Waals surface area contributed by atoms with Crippen LogP contribution in [0, 0.1) is 5.92 Å². The Labute approximate surface area is 133 Å². The summed E-state index contributed by atoms with van der Waals surface area (Å²) in [6.07, 6.45) is 2.31. The molecule has 0 saturated carbocycles. The first-order chi connectivity index (χ1) is 10.9. The Morgan fingerprint density at radius 2 is 1.87 bits per heavy atom. The normalized spacial score (nSPS) is 25.7. The van der Waals surface area contributed by atoms with Gasteiger partial charge in [-0.05, 0) is 12.0 Å². The third-order valence-electron chi connectivity index (χ3n) is 3.66. The highest BCUT2D eigenvalue weighted by atomic mass is 19.3. The van der Waals surface area contributed by atoms with Gasteiger partial charge in [0.25, 0.3) is 5.91 Å². The highest BCUT2D eigenvalue weighted by molar-refractivity contribution is 5.84. The van der Waals surface area contributed by atoms with Gasteiger partial charge < -0.3 is 10.1 Å². The summed E-state index contributed by atoms with van der Waals surface area (Å²) in [5, 5.41) is 2.28. The van der Waals surface area contributed by atoms with Crippen molar-refractivity contribution < 1.29 is 23.1 Å². The van der Waals surface area contributed by atoms with Gasteiger partial charge in [-0.15, -0.1) is 0 Å². The molecule has 23 heavy (non-hydrogen) atoms. The van der Waals surface area contributed by atoms with E-state index in [0.717, 1.165) is 0 Å². The Morgan fingerprint density at radius 1 is 1.17 bits per heavy atom. The highest BCUT2D eigenvalue weighted by Gasteiger charge is 2.39. The molecule has 2 rings (SSSR count). The third kappa shape index (κ3) is 4.61. The second-order valence-corrected chi connectivity index (χ2v) is 5.58. The Kier molecular flexibility index (Phi) is 5.47. The molecule has 2 atom stereocenters. The minimum absolute atomic E-state index is 0.182. The molecule has 1 amide bonds. The summed E-state index contributed by atoms with van der Waals surface area (Å²) < 4.78 is 32.9. The lowest BCUT2D eigenvalue weighted by Crippen LogP contribution is -2.43. The molecule has 1 aromatic carbocycles. The van der Waals surface area contributed by atoms with Crippen LogP contribution in [-0.4, -0.2) is 24.4 Å². The Morgan fingerprint density at radius 3 is 2.57 bits per heavy atom. The molecule has 1 aromatic rings. The molecule has 0 aliphatic carbocycles. The fourth-order valence-corrected chi connectivity index (χ4v) is 2.20. The lowest BCUT2D eigenvalue weighted by Gasteiger charge is -2.23. The molecular weight excluding hydrogens is 304 g/mol. The summed E-state index contributed by atoms with van der Waals surface area (Å²) in [5.41, 5.74) is 0.602. The van der Waals surface area contributed by atoms with Crippen molar-refractivity contribution in [2.45, 2.75) is 31.7 Å². The largest absolute Gasteiger partial charge is 0.463 e.